The molecule has 86 valence electrons. The van der Waals surface area contributed by atoms with Gasteiger partial charge in [0.15, 0.2) is 0 Å². The van der Waals surface area contributed by atoms with Crippen LogP contribution in [0.2, 0.25) is 0 Å². The molecule has 0 atom stereocenters. The van der Waals surface area contributed by atoms with E-state index in [-0.39, 0.29) is 18.2 Å². The van der Waals surface area contributed by atoms with E-state index in [0.29, 0.717) is 0 Å². The van der Waals surface area contributed by atoms with E-state index in [2.05, 4.69) is 5.32 Å². The summed E-state index contributed by atoms with van der Waals surface area (Å²) in [5.74, 6) is 0. The van der Waals surface area contributed by atoms with E-state index in [9.17, 15) is 4.79 Å². The van der Waals surface area contributed by atoms with Crippen molar-refractivity contribution in [2.45, 2.75) is 50.7 Å². The zero-order chi connectivity index (χ0) is 10.7. The number of nitrogens with zero attached hydrogens (tertiary/aromatic N) is 1. The summed E-state index contributed by atoms with van der Waals surface area (Å²) < 4.78 is 0. The second kappa shape index (κ2) is 4.84. The highest BCUT2D eigenvalue weighted by atomic mass is 16.3. The largest absolute Gasteiger partial charge is 0.393 e. The van der Waals surface area contributed by atoms with E-state index >= 15 is 0 Å². The number of carbonyl (C=O) groups is 1. The Bertz CT molecular complexity index is 219. The maximum absolute atomic E-state index is 11.8. The van der Waals surface area contributed by atoms with Gasteiger partial charge in [0.05, 0.1) is 6.10 Å². The van der Waals surface area contributed by atoms with Crippen molar-refractivity contribution in [3.05, 3.63) is 0 Å². The molecule has 0 unspecified atom stereocenters. The highest BCUT2D eigenvalue weighted by Gasteiger charge is 2.29. The number of amides is 2. The van der Waals surface area contributed by atoms with Crippen molar-refractivity contribution in [1.82, 2.24) is 10.2 Å². The van der Waals surface area contributed by atoms with Gasteiger partial charge < -0.3 is 15.3 Å². The van der Waals surface area contributed by atoms with Crippen LogP contribution in [0.5, 0.6) is 0 Å². The summed E-state index contributed by atoms with van der Waals surface area (Å²) in [6.45, 7) is 1.78. The lowest BCUT2D eigenvalue weighted by Gasteiger charge is -2.34. The van der Waals surface area contributed by atoms with Crippen LogP contribution in [-0.4, -0.2) is 41.3 Å². The second-order valence-corrected chi connectivity index (χ2v) is 4.67. The molecular weight excluding hydrogens is 192 g/mol. The van der Waals surface area contributed by atoms with E-state index in [1.807, 2.05) is 4.90 Å². The summed E-state index contributed by atoms with van der Waals surface area (Å²) >= 11 is 0. The van der Waals surface area contributed by atoms with Crippen LogP contribution in [-0.2, 0) is 0 Å². The highest BCUT2D eigenvalue weighted by Crippen LogP contribution is 2.20. The summed E-state index contributed by atoms with van der Waals surface area (Å²) in [7, 11) is 0. The van der Waals surface area contributed by atoms with Gasteiger partial charge in [0.25, 0.3) is 0 Å². The van der Waals surface area contributed by atoms with Crippen molar-refractivity contribution in [1.29, 1.82) is 0 Å². The number of likely N-dealkylation sites (tertiary alicyclic amines) is 1. The van der Waals surface area contributed by atoms with Crippen molar-refractivity contribution in [2.24, 2.45) is 0 Å². The molecule has 4 nitrogen and oxygen atoms in total. The fourth-order valence-electron chi connectivity index (χ4n) is 2.25. The number of urea groups is 1. The van der Waals surface area contributed by atoms with Crippen LogP contribution >= 0.6 is 0 Å². The Morgan fingerprint density at radius 3 is 2.27 bits per heavy atom. The highest BCUT2D eigenvalue weighted by molar-refractivity contribution is 5.74. The first kappa shape index (κ1) is 10.7. The van der Waals surface area contributed by atoms with Crippen LogP contribution in [0.15, 0.2) is 0 Å². The molecule has 4 heteroatoms. The second-order valence-electron chi connectivity index (χ2n) is 4.67. The number of aliphatic hydroxyl groups excluding tert-OH is 1. The lowest BCUT2D eigenvalue weighted by atomic mass is 9.90. The Kier molecular flexibility index (Phi) is 3.46. The number of hydrogen-bond acceptors (Lipinski definition) is 2. The standard InChI is InChI=1S/C11H20N2O2/c14-10-7-9(8-10)12-11(15)13-5-3-1-2-4-6-13/h9-10,14H,1-8H2,(H,12,15). The van der Waals surface area contributed by atoms with Gasteiger partial charge in [-0.25, -0.2) is 4.79 Å². The first-order chi connectivity index (χ1) is 7.25. The van der Waals surface area contributed by atoms with Crippen molar-refractivity contribution in [3.8, 4) is 0 Å². The number of nitrogens with one attached hydrogen (secondary N) is 1. The van der Waals surface area contributed by atoms with E-state index in [0.717, 1.165) is 38.8 Å². The van der Waals surface area contributed by atoms with Gasteiger partial charge in [-0.2, -0.15) is 0 Å². The monoisotopic (exact) mass is 212 g/mol. The Morgan fingerprint density at radius 1 is 1.13 bits per heavy atom. The molecule has 15 heavy (non-hydrogen) atoms. The molecule has 0 aromatic heterocycles. The molecule has 1 aliphatic heterocycles. The first-order valence-corrected chi connectivity index (χ1v) is 5.99. The summed E-state index contributed by atoms with van der Waals surface area (Å²) in [6, 6.07) is 0.268. The molecule has 2 N–H and O–H groups in total. The van der Waals surface area contributed by atoms with Gasteiger partial charge in [-0.3, -0.25) is 0 Å². The van der Waals surface area contributed by atoms with Gasteiger partial charge >= 0.3 is 6.03 Å². The van der Waals surface area contributed by atoms with Crippen LogP contribution in [0.3, 0.4) is 0 Å². The van der Waals surface area contributed by atoms with Crippen LogP contribution < -0.4 is 5.32 Å². The smallest absolute Gasteiger partial charge is 0.317 e. The van der Waals surface area contributed by atoms with Gasteiger partial charge in [0.1, 0.15) is 0 Å². The molecule has 0 bridgehead atoms. The maximum atomic E-state index is 11.8. The zero-order valence-corrected chi connectivity index (χ0v) is 9.11. The summed E-state index contributed by atoms with van der Waals surface area (Å²) in [5, 5.41) is 12.1. The predicted octanol–water partition coefficient (Wildman–Crippen LogP) is 1.10. The van der Waals surface area contributed by atoms with Crippen molar-refractivity contribution < 1.29 is 9.90 Å². The maximum Gasteiger partial charge on any atom is 0.317 e. The molecule has 1 aliphatic carbocycles. The minimum atomic E-state index is -0.195. The third-order valence-corrected chi connectivity index (χ3v) is 3.33. The molecule has 0 aromatic rings. The lowest BCUT2D eigenvalue weighted by molar-refractivity contribution is 0.0636. The topological polar surface area (TPSA) is 52.6 Å². The first-order valence-electron chi connectivity index (χ1n) is 5.99. The van der Waals surface area contributed by atoms with Gasteiger partial charge in [-0.15, -0.1) is 0 Å². The average molecular weight is 212 g/mol. The van der Waals surface area contributed by atoms with Crippen LogP contribution in [0.4, 0.5) is 4.79 Å². The van der Waals surface area contributed by atoms with Crippen LogP contribution in [0.1, 0.15) is 38.5 Å². The molecule has 2 fully saturated rings. The molecule has 2 rings (SSSR count). The third kappa shape index (κ3) is 2.84. The molecule has 0 spiro atoms. The molecular formula is C11H20N2O2. The average Bonchev–Trinajstić information content (AvgIpc) is 2.43. The predicted molar refractivity (Wildman–Crippen MR) is 57.6 cm³/mol. The van der Waals surface area contributed by atoms with Crippen molar-refractivity contribution in [2.75, 3.05) is 13.1 Å². The van der Waals surface area contributed by atoms with E-state index in [1.54, 1.807) is 0 Å². The Labute approximate surface area is 90.6 Å². The Balaban J connectivity index is 1.74. The number of aliphatic hydroxyl groups is 1. The third-order valence-electron chi connectivity index (χ3n) is 3.33. The Morgan fingerprint density at radius 2 is 1.73 bits per heavy atom. The van der Waals surface area contributed by atoms with Crippen molar-refractivity contribution >= 4 is 6.03 Å². The van der Waals surface area contributed by atoms with Crippen LogP contribution in [0.25, 0.3) is 0 Å². The molecule has 0 aromatic carbocycles. The minimum Gasteiger partial charge on any atom is -0.393 e. The summed E-state index contributed by atoms with van der Waals surface area (Å²) in [5.41, 5.74) is 0. The molecule has 1 saturated carbocycles. The molecule has 2 aliphatic rings. The quantitative estimate of drug-likeness (QED) is 0.683. The molecule has 1 heterocycles. The van der Waals surface area contributed by atoms with Gasteiger partial charge in [-0.1, -0.05) is 12.8 Å². The fourth-order valence-corrected chi connectivity index (χ4v) is 2.25. The summed E-state index contributed by atoms with van der Waals surface area (Å²) in [4.78, 5) is 13.7. The Hall–Kier alpha value is -0.770. The molecule has 2 amide bonds. The minimum absolute atomic E-state index is 0.0637. The van der Waals surface area contributed by atoms with E-state index in [1.165, 1.54) is 12.8 Å². The summed E-state index contributed by atoms with van der Waals surface area (Å²) in [6.07, 6.45) is 5.98. The number of hydrogen-bond donors (Lipinski definition) is 2. The van der Waals surface area contributed by atoms with Gasteiger partial charge in [0.2, 0.25) is 0 Å². The fraction of sp³-hybridized carbons (Fsp3) is 0.909. The SMILES string of the molecule is O=C(NC1CC(O)C1)N1CCCCCC1. The van der Waals surface area contributed by atoms with E-state index in [4.69, 9.17) is 5.11 Å². The number of rotatable bonds is 1. The number of carbonyl (C=O) groups excluding carboxylic acids is 1. The lowest BCUT2D eigenvalue weighted by Crippen LogP contribution is -2.51. The zero-order valence-electron chi connectivity index (χ0n) is 9.11. The van der Waals surface area contributed by atoms with Crippen LogP contribution in [0, 0.1) is 0 Å². The van der Waals surface area contributed by atoms with Crippen molar-refractivity contribution in [3.63, 3.8) is 0 Å². The van der Waals surface area contributed by atoms with Gasteiger partial charge in [0, 0.05) is 19.1 Å². The molecule has 1 saturated heterocycles. The van der Waals surface area contributed by atoms with Gasteiger partial charge in [-0.05, 0) is 25.7 Å². The molecule has 0 radical (unpaired) electrons. The van der Waals surface area contributed by atoms with E-state index < -0.39 is 0 Å². The normalized spacial score (nSPS) is 31.7.